The monoisotopic (exact) mass is 276 g/mol. The van der Waals surface area contributed by atoms with Gasteiger partial charge >= 0.3 is 6.03 Å². The molecule has 108 valence electrons. The van der Waals surface area contributed by atoms with Gasteiger partial charge in [0.15, 0.2) is 0 Å². The molecule has 0 spiro atoms. The SMILES string of the molecule is C#CCNC(=O)NCC(O)c1cccc(OC(C)C)c1. The van der Waals surface area contributed by atoms with Crippen LogP contribution in [0.1, 0.15) is 25.5 Å². The normalized spacial score (nSPS) is 11.6. The number of rotatable bonds is 6. The maximum Gasteiger partial charge on any atom is 0.315 e. The van der Waals surface area contributed by atoms with Crippen molar-refractivity contribution in [2.45, 2.75) is 26.1 Å². The van der Waals surface area contributed by atoms with Gasteiger partial charge in [0.25, 0.3) is 0 Å². The zero-order chi connectivity index (χ0) is 15.0. The second kappa shape index (κ2) is 8.08. The Hall–Kier alpha value is -2.19. The molecule has 1 atom stereocenters. The average molecular weight is 276 g/mol. The van der Waals surface area contributed by atoms with Crippen LogP contribution in [0.25, 0.3) is 0 Å². The number of urea groups is 1. The molecule has 1 aromatic rings. The van der Waals surface area contributed by atoms with Crippen LogP contribution in [0.3, 0.4) is 0 Å². The Morgan fingerprint density at radius 3 is 2.85 bits per heavy atom. The molecule has 1 aromatic carbocycles. The average Bonchev–Trinajstić information content (AvgIpc) is 2.42. The standard InChI is InChI=1S/C15H20N2O3/c1-4-8-16-15(19)17-10-14(18)12-6-5-7-13(9-12)20-11(2)3/h1,5-7,9,11,14,18H,8,10H2,2-3H3,(H2,16,17,19). The summed E-state index contributed by atoms with van der Waals surface area (Å²) in [7, 11) is 0. The maximum absolute atomic E-state index is 11.3. The third kappa shape index (κ3) is 5.63. The van der Waals surface area contributed by atoms with Crippen LogP contribution in [0.5, 0.6) is 5.75 Å². The Balaban J connectivity index is 2.52. The number of nitrogens with one attached hydrogen (secondary N) is 2. The number of carbonyl (C=O) groups is 1. The molecule has 0 fully saturated rings. The van der Waals surface area contributed by atoms with Crippen molar-refractivity contribution in [2.24, 2.45) is 0 Å². The molecular weight excluding hydrogens is 256 g/mol. The number of aliphatic hydroxyl groups excluding tert-OH is 1. The molecule has 0 saturated heterocycles. The van der Waals surface area contributed by atoms with E-state index in [1.807, 2.05) is 19.9 Å². The van der Waals surface area contributed by atoms with Crippen molar-refractivity contribution in [1.29, 1.82) is 0 Å². The van der Waals surface area contributed by atoms with Gasteiger partial charge in [-0.3, -0.25) is 0 Å². The van der Waals surface area contributed by atoms with E-state index in [9.17, 15) is 9.90 Å². The van der Waals surface area contributed by atoms with Crippen LogP contribution in [-0.4, -0.2) is 30.3 Å². The van der Waals surface area contributed by atoms with Gasteiger partial charge < -0.3 is 20.5 Å². The van der Waals surface area contributed by atoms with Crippen molar-refractivity contribution in [3.05, 3.63) is 29.8 Å². The fourth-order valence-electron chi connectivity index (χ4n) is 1.57. The third-order valence-corrected chi connectivity index (χ3v) is 2.42. The van der Waals surface area contributed by atoms with E-state index in [-0.39, 0.29) is 19.2 Å². The van der Waals surface area contributed by atoms with E-state index in [0.717, 1.165) is 0 Å². The Morgan fingerprint density at radius 2 is 2.20 bits per heavy atom. The highest BCUT2D eigenvalue weighted by molar-refractivity contribution is 5.74. The Kier molecular flexibility index (Phi) is 6.41. The smallest absolute Gasteiger partial charge is 0.315 e. The summed E-state index contributed by atoms with van der Waals surface area (Å²) >= 11 is 0. The molecule has 20 heavy (non-hydrogen) atoms. The van der Waals surface area contributed by atoms with Crippen LogP contribution in [-0.2, 0) is 0 Å². The van der Waals surface area contributed by atoms with Crippen molar-refractivity contribution in [3.63, 3.8) is 0 Å². The van der Waals surface area contributed by atoms with E-state index in [1.165, 1.54) is 0 Å². The van der Waals surface area contributed by atoms with Crippen molar-refractivity contribution in [1.82, 2.24) is 10.6 Å². The topological polar surface area (TPSA) is 70.6 Å². The van der Waals surface area contributed by atoms with Gasteiger partial charge in [-0.05, 0) is 31.5 Å². The number of ether oxygens (including phenoxy) is 1. The lowest BCUT2D eigenvalue weighted by Gasteiger charge is -2.15. The van der Waals surface area contributed by atoms with Crippen LogP contribution in [0.2, 0.25) is 0 Å². The first kappa shape index (κ1) is 15.9. The maximum atomic E-state index is 11.3. The zero-order valence-electron chi connectivity index (χ0n) is 11.7. The molecule has 0 aromatic heterocycles. The van der Waals surface area contributed by atoms with E-state index in [0.29, 0.717) is 11.3 Å². The highest BCUT2D eigenvalue weighted by Crippen LogP contribution is 2.19. The van der Waals surface area contributed by atoms with Gasteiger partial charge in [0, 0.05) is 6.54 Å². The first-order valence-electron chi connectivity index (χ1n) is 6.42. The quantitative estimate of drug-likeness (QED) is 0.689. The zero-order valence-corrected chi connectivity index (χ0v) is 11.7. The molecule has 0 radical (unpaired) electrons. The number of benzene rings is 1. The summed E-state index contributed by atoms with van der Waals surface area (Å²) < 4.78 is 5.55. The van der Waals surface area contributed by atoms with Gasteiger partial charge in [0.05, 0.1) is 18.8 Å². The predicted molar refractivity (Wildman–Crippen MR) is 77.4 cm³/mol. The van der Waals surface area contributed by atoms with Gasteiger partial charge in [0.2, 0.25) is 0 Å². The fraction of sp³-hybridized carbons (Fsp3) is 0.400. The summed E-state index contributed by atoms with van der Waals surface area (Å²) in [6.07, 6.45) is 4.29. The van der Waals surface area contributed by atoms with Crippen LogP contribution in [0.4, 0.5) is 4.79 Å². The number of hydrogen-bond acceptors (Lipinski definition) is 3. The molecule has 0 aliphatic rings. The van der Waals surface area contributed by atoms with E-state index in [2.05, 4.69) is 16.6 Å². The number of terminal acetylenes is 1. The van der Waals surface area contributed by atoms with Crippen molar-refractivity contribution in [3.8, 4) is 18.1 Å². The second-order valence-corrected chi connectivity index (χ2v) is 4.52. The second-order valence-electron chi connectivity index (χ2n) is 4.52. The lowest BCUT2D eigenvalue weighted by Crippen LogP contribution is -2.37. The van der Waals surface area contributed by atoms with Crippen molar-refractivity contribution in [2.75, 3.05) is 13.1 Å². The van der Waals surface area contributed by atoms with E-state index < -0.39 is 12.1 Å². The van der Waals surface area contributed by atoms with Gasteiger partial charge in [-0.25, -0.2) is 4.79 Å². The van der Waals surface area contributed by atoms with E-state index in [4.69, 9.17) is 11.2 Å². The summed E-state index contributed by atoms with van der Waals surface area (Å²) in [5.74, 6) is 2.98. The largest absolute Gasteiger partial charge is 0.491 e. The first-order valence-corrected chi connectivity index (χ1v) is 6.42. The molecule has 0 heterocycles. The van der Waals surface area contributed by atoms with Crippen molar-refractivity contribution >= 4 is 6.03 Å². The molecule has 5 nitrogen and oxygen atoms in total. The molecule has 0 bridgehead atoms. The lowest BCUT2D eigenvalue weighted by molar-refractivity contribution is 0.172. The molecule has 1 rings (SSSR count). The van der Waals surface area contributed by atoms with Crippen LogP contribution >= 0.6 is 0 Å². The Morgan fingerprint density at radius 1 is 1.45 bits per heavy atom. The number of carbonyl (C=O) groups excluding carboxylic acids is 1. The fourth-order valence-corrected chi connectivity index (χ4v) is 1.57. The predicted octanol–water partition coefficient (Wildman–Crippen LogP) is 1.44. The highest BCUT2D eigenvalue weighted by atomic mass is 16.5. The Bertz CT molecular complexity index is 480. The van der Waals surface area contributed by atoms with Gasteiger partial charge in [0.1, 0.15) is 5.75 Å². The minimum atomic E-state index is -0.803. The van der Waals surface area contributed by atoms with Gasteiger partial charge in [-0.15, -0.1) is 6.42 Å². The minimum absolute atomic E-state index is 0.0649. The summed E-state index contributed by atoms with van der Waals surface area (Å²) in [6.45, 7) is 4.11. The van der Waals surface area contributed by atoms with Crippen LogP contribution in [0, 0.1) is 12.3 Å². The first-order chi connectivity index (χ1) is 9.52. The van der Waals surface area contributed by atoms with Gasteiger partial charge in [-0.1, -0.05) is 18.1 Å². The third-order valence-electron chi connectivity index (χ3n) is 2.42. The Labute approximate surface area is 119 Å². The number of aliphatic hydroxyl groups is 1. The minimum Gasteiger partial charge on any atom is -0.491 e. The molecule has 0 saturated carbocycles. The van der Waals surface area contributed by atoms with E-state index in [1.54, 1.807) is 18.2 Å². The molecule has 5 heteroatoms. The molecule has 3 N–H and O–H groups in total. The summed E-state index contributed by atoms with van der Waals surface area (Å²) in [5.41, 5.74) is 0.681. The highest BCUT2D eigenvalue weighted by Gasteiger charge is 2.10. The number of hydrogen-bond donors (Lipinski definition) is 3. The van der Waals surface area contributed by atoms with E-state index >= 15 is 0 Å². The summed E-state index contributed by atoms with van der Waals surface area (Å²) in [5, 5.41) is 15.0. The molecule has 1 unspecified atom stereocenters. The van der Waals surface area contributed by atoms with Gasteiger partial charge in [-0.2, -0.15) is 0 Å². The molecule has 0 aliphatic heterocycles. The molecule has 2 amide bonds. The lowest BCUT2D eigenvalue weighted by atomic mass is 10.1. The van der Waals surface area contributed by atoms with Crippen LogP contribution < -0.4 is 15.4 Å². The molecular formula is C15H20N2O3. The molecule has 0 aliphatic carbocycles. The summed E-state index contributed by atoms with van der Waals surface area (Å²) in [4.78, 5) is 11.3. The number of amides is 2. The summed E-state index contributed by atoms with van der Waals surface area (Å²) in [6, 6.07) is 6.75. The van der Waals surface area contributed by atoms with Crippen molar-refractivity contribution < 1.29 is 14.6 Å². The van der Waals surface area contributed by atoms with Crippen LogP contribution in [0.15, 0.2) is 24.3 Å².